The SMILES string of the molecule is C=C1C2CCC1c1c(-c3cn[nH]c3C(F)F)cccc12. The summed E-state index contributed by atoms with van der Waals surface area (Å²) in [6.07, 6.45) is 1.18. The van der Waals surface area contributed by atoms with E-state index in [1.807, 2.05) is 12.1 Å². The van der Waals surface area contributed by atoms with E-state index >= 15 is 0 Å². The van der Waals surface area contributed by atoms with Crippen molar-refractivity contribution in [1.29, 1.82) is 0 Å². The van der Waals surface area contributed by atoms with Crippen LogP contribution in [0.2, 0.25) is 0 Å². The molecule has 2 aliphatic rings. The minimum absolute atomic E-state index is 0.0909. The van der Waals surface area contributed by atoms with Crippen molar-refractivity contribution in [2.24, 2.45) is 0 Å². The largest absolute Gasteiger partial charge is 0.280 e. The van der Waals surface area contributed by atoms with Crippen LogP contribution in [0.1, 0.15) is 47.9 Å². The lowest BCUT2D eigenvalue weighted by Crippen LogP contribution is -2.01. The molecule has 20 heavy (non-hydrogen) atoms. The van der Waals surface area contributed by atoms with E-state index in [9.17, 15) is 8.78 Å². The average molecular weight is 272 g/mol. The lowest BCUT2D eigenvalue weighted by Gasteiger charge is -2.18. The van der Waals surface area contributed by atoms with E-state index in [1.54, 1.807) is 0 Å². The second kappa shape index (κ2) is 4.01. The Kier molecular flexibility index (Phi) is 2.37. The van der Waals surface area contributed by atoms with Gasteiger partial charge in [0.2, 0.25) is 0 Å². The molecule has 2 bridgehead atoms. The van der Waals surface area contributed by atoms with E-state index in [2.05, 4.69) is 22.8 Å². The van der Waals surface area contributed by atoms with Crippen molar-refractivity contribution < 1.29 is 8.78 Å². The summed E-state index contributed by atoms with van der Waals surface area (Å²) in [7, 11) is 0. The maximum atomic E-state index is 13.1. The van der Waals surface area contributed by atoms with E-state index in [4.69, 9.17) is 0 Å². The van der Waals surface area contributed by atoms with Crippen LogP contribution in [0.5, 0.6) is 0 Å². The molecule has 0 aliphatic heterocycles. The van der Waals surface area contributed by atoms with Gasteiger partial charge in [-0.15, -0.1) is 0 Å². The lowest BCUT2D eigenvalue weighted by molar-refractivity contribution is 0.146. The summed E-state index contributed by atoms with van der Waals surface area (Å²) in [6.45, 7) is 4.20. The maximum Gasteiger partial charge on any atom is 0.280 e. The molecular formula is C16H14F2N2. The molecule has 1 N–H and O–H groups in total. The van der Waals surface area contributed by atoms with Crippen LogP contribution in [0.25, 0.3) is 11.1 Å². The van der Waals surface area contributed by atoms with E-state index in [0.29, 0.717) is 17.4 Å². The number of H-pyrrole nitrogens is 1. The Morgan fingerprint density at radius 1 is 1.20 bits per heavy atom. The summed E-state index contributed by atoms with van der Waals surface area (Å²) in [5.74, 6) is 0.739. The summed E-state index contributed by atoms with van der Waals surface area (Å²) in [6, 6.07) is 5.98. The first-order valence-electron chi connectivity index (χ1n) is 6.81. The van der Waals surface area contributed by atoms with Gasteiger partial charge in [-0.2, -0.15) is 5.10 Å². The number of aromatic nitrogens is 2. The second-order valence-corrected chi connectivity index (χ2v) is 5.56. The van der Waals surface area contributed by atoms with Crippen LogP contribution in [0.4, 0.5) is 8.78 Å². The summed E-state index contributed by atoms with van der Waals surface area (Å²) in [4.78, 5) is 0. The van der Waals surface area contributed by atoms with E-state index in [1.165, 1.54) is 22.9 Å². The average Bonchev–Trinajstić information content (AvgIpc) is 3.12. The quantitative estimate of drug-likeness (QED) is 0.798. The highest BCUT2D eigenvalue weighted by Crippen LogP contribution is 2.58. The summed E-state index contributed by atoms with van der Waals surface area (Å²) >= 11 is 0. The predicted octanol–water partition coefficient (Wildman–Crippen LogP) is 4.55. The zero-order valence-corrected chi connectivity index (χ0v) is 10.9. The van der Waals surface area contributed by atoms with E-state index < -0.39 is 6.43 Å². The fraction of sp³-hybridized carbons (Fsp3) is 0.312. The molecule has 0 radical (unpaired) electrons. The van der Waals surface area contributed by atoms with Crippen molar-refractivity contribution in [2.75, 3.05) is 0 Å². The Morgan fingerprint density at radius 3 is 2.80 bits per heavy atom. The first-order valence-corrected chi connectivity index (χ1v) is 6.81. The van der Waals surface area contributed by atoms with Crippen LogP contribution in [-0.4, -0.2) is 10.2 Å². The van der Waals surface area contributed by atoms with Crippen LogP contribution in [0.3, 0.4) is 0 Å². The van der Waals surface area contributed by atoms with Crippen molar-refractivity contribution >= 4 is 0 Å². The maximum absolute atomic E-state index is 13.1. The van der Waals surface area contributed by atoms with Crippen LogP contribution in [-0.2, 0) is 0 Å². The molecular weight excluding hydrogens is 258 g/mol. The number of hydrogen-bond donors (Lipinski definition) is 1. The number of hydrogen-bond acceptors (Lipinski definition) is 1. The Morgan fingerprint density at radius 2 is 2.00 bits per heavy atom. The molecule has 1 aromatic carbocycles. The Hall–Kier alpha value is -1.97. The normalized spacial score (nSPS) is 23.6. The van der Waals surface area contributed by atoms with Crippen molar-refractivity contribution in [3.63, 3.8) is 0 Å². The Bertz CT molecular complexity index is 702. The first kappa shape index (κ1) is 11.8. The minimum atomic E-state index is -2.54. The molecule has 1 fully saturated rings. The third-order valence-corrected chi connectivity index (χ3v) is 4.68. The summed E-state index contributed by atoms with van der Waals surface area (Å²) in [5.41, 5.74) is 5.03. The standard InChI is InChI=1S/C16H14F2N2/c1-8-9-5-6-10(8)14-11(9)3-2-4-12(14)13-7-19-20-15(13)16(17)18/h2-4,7,9-10,16H,1,5-6H2,(H,19,20). The number of benzene rings is 1. The second-order valence-electron chi connectivity index (χ2n) is 5.56. The number of fused-ring (bicyclic) bond motifs is 5. The lowest BCUT2D eigenvalue weighted by atomic mass is 9.86. The minimum Gasteiger partial charge on any atom is -0.276 e. The molecule has 2 unspecified atom stereocenters. The monoisotopic (exact) mass is 272 g/mol. The number of nitrogens with zero attached hydrogens (tertiary/aromatic N) is 1. The highest BCUT2D eigenvalue weighted by molar-refractivity contribution is 5.75. The van der Waals surface area contributed by atoms with Crippen molar-refractivity contribution in [2.45, 2.75) is 31.1 Å². The molecule has 1 aromatic heterocycles. The van der Waals surface area contributed by atoms with Gasteiger partial charge in [-0.1, -0.05) is 30.4 Å². The van der Waals surface area contributed by atoms with Crippen molar-refractivity contribution in [3.8, 4) is 11.1 Å². The van der Waals surface area contributed by atoms with Gasteiger partial charge in [0, 0.05) is 17.4 Å². The Labute approximate surface area is 115 Å². The van der Waals surface area contributed by atoms with Gasteiger partial charge in [0.25, 0.3) is 6.43 Å². The molecule has 2 atom stereocenters. The molecule has 0 saturated heterocycles. The number of aromatic amines is 1. The Balaban J connectivity index is 1.94. The molecule has 2 nitrogen and oxygen atoms in total. The first-order chi connectivity index (χ1) is 9.68. The molecule has 4 rings (SSSR count). The van der Waals surface area contributed by atoms with Crippen LogP contribution >= 0.6 is 0 Å². The zero-order chi connectivity index (χ0) is 13.9. The topological polar surface area (TPSA) is 28.7 Å². The van der Waals surface area contributed by atoms with Gasteiger partial charge in [-0.05, 0) is 29.5 Å². The van der Waals surface area contributed by atoms with Crippen molar-refractivity contribution in [3.05, 3.63) is 53.4 Å². The van der Waals surface area contributed by atoms with Gasteiger partial charge in [-0.25, -0.2) is 8.78 Å². The number of halogens is 2. The van der Waals surface area contributed by atoms with Gasteiger partial charge < -0.3 is 0 Å². The predicted molar refractivity (Wildman–Crippen MR) is 72.8 cm³/mol. The van der Waals surface area contributed by atoms with E-state index in [-0.39, 0.29) is 5.69 Å². The van der Waals surface area contributed by atoms with Crippen molar-refractivity contribution in [1.82, 2.24) is 10.2 Å². The van der Waals surface area contributed by atoms with Gasteiger partial charge in [0.05, 0.1) is 6.20 Å². The number of rotatable bonds is 2. The number of alkyl halides is 2. The third-order valence-electron chi connectivity index (χ3n) is 4.68. The highest BCUT2D eigenvalue weighted by Gasteiger charge is 2.41. The molecule has 1 saturated carbocycles. The van der Waals surface area contributed by atoms with E-state index in [0.717, 1.165) is 18.4 Å². The van der Waals surface area contributed by atoms with Crippen LogP contribution in [0, 0.1) is 0 Å². The molecule has 0 spiro atoms. The van der Waals surface area contributed by atoms with Crippen LogP contribution < -0.4 is 0 Å². The fourth-order valence-corrected chi connectivity index (χ4v) is 3.82. The fourth-order valence-electron chi connectivity index (χ4n) is 3.82. The summed E-state index contributed by atoms with van der Waals surface area (Å²) < 4.78 is 26.1. The summed E-state index contributed by atoms with van der Waals surface area (Å²) in [5, 5.41) is 6.23. The molecule has 2 aliphatic carbocycles. The molecule has 1 heterocycles. The molecule has 4 heteroatoms. The molecule has 102 valence electrons. The molecule has 0 amide bonds. The van der Waals surface area contributed by atoms with Gasteiger partial charge in [0.1, 0.15) is 5.69 Å². The van der Waals surface area contributed by atoms with Gasteiger partial charge >= 0.3 is 0 Å². The smallest absolute Gasteiger partial charge is 0.276 e. The van der Waals surface area contributed by atoms with Gasteiger partial charge in [-0.3, -0.25) is 5.10 Å². The highest BCUT2D eigenvalue weighted by atomic mass is 19.3. The zero-order valence-electron chi connectivity index (χ0n) is 10.9. The third kappa shape index (κ3) is 1.39. The number of nitrogens with one attached hydrogen (secondary N) is 1. The van der Waals surface area contributed by atoms with Gasteiger partial charge in [0.15, 0.2) is 0 Å². The molecule has 2 aromatic rings. The number of allylic oxidation sites excluding steroid dienone is 1. The van der Waals surface area contributed by atoms with Crippen LogP contribution in [0.15, 0.2) is 36.5 Å².